The van der Waals surface area contributed by atoms with E-state index in [1.807, 2.05) is 13.0 Å². The van der Waals surface area contributed by atoms with Gasteiger partial charge in [-0.1, -0.05) is 13.0 Å². The molecule has 0 saturated heterocycles. The number of hydrogen-bond donors (Lipinski definition) is 1. The van der Waals surface area contributed by atoms with Gasteiger partial charge in [-0.15, -0.1) is 0 Å². The number of halogens is 2. The molecular weight excluding hydrogens is 260 g/mol. The minimum Gasteiger partial charge on any atom is -0.497 e. The number of nitrogens with one attached hydrogen (secondary N) is 1. The largest absolute Gasteiger partial charge is 0.497 e. The predicted octanol–water partition coefficient (Wildman–Crippen LogP) is 3.75. The molecule has 0 aromatic heterocycles. The summed E-state index contributed by atoms with van der Waals surface area (Å²) in [6, 6.07) is 8.81. The van der Waals surface area contributed by atoms with Gasteiger partial charge in [-0.3, -0.25) is 0 Å². The van der Waals surface area contributed by atoms with Gasteiger partial charge >= 0.3 is 0 Å². The first kappa shape index (κ1) is 14.5. The van der Waals surface area contributed by atoms with Crippen LogP contribution < -0.4 is 10.1 Å². The van der Waals surface area contributed by atoms with Gasteiger partial charge in [0.05, 0.1) is 7.11 Å². The van der Waals surface area contributed by atoms with Gasteiger partial charge in [-0.2, -0.15) is 0 Å². The fourth-order valence-electron chi connectivity index (χ4n) is 2.07. The summed E-state index contributed by atoms with van der Waals surface area (Å²) in [7, 11) is 1.58. The summed E-state index contributed by atoms with van der Waals surface area (Å²) in [5.74, 6) is -0.195. The summed E-state index contributed by atoms with van der Waals surface area (Å²) in [5, 5.41) is 3.19. The second-order valence-electron chi connectivity index (χ2n) is 4.43. The Morgan fingerprint density at radius 2 is 1.85 bits per heavy atom. The lowest BCUT2D eigenvalue weighted by Gasteiger charge is -2.13. The van der Waals surface area contributed by atoms with Crippen LogP contribution in [0.2, 0.25) is 0 Å². The molecule has 0 spiro atoms. The second-order valence-corrected chi connectivity index (χ2v) is 4.43. The van der Waals surface area contributed by atoms with E-state index in [0.29, 0.717) is 17.9 Å². The van der Waals surface area contributed by atoms with E-state index >= 15 is 0 Å². The normalized spacial score (nSPS) is 10.6. The monoisotopic (exact) mass is 277 g/mol. The van der Waals surface area contributed by atoms with Gasteiger partial charge in [0, 0.05) is 12.1 Å². The van der Waals surface area contributed by atoms with E-state index in [2.05, 4.69) is 5.32 Å². The average Bonchev–Trinajstić information content (AvgIpc) is 2.47. The molecular formula is C16H17F2NO. The molecule has 0 bridgehead atoms. The minimum atomic E-state index is -0.452. The van der Waals surface area contributed by atoms with Crippen LogP contribution in [0.3, 0.4) is 0 Å². The third-order valence-electron chi connectivity index (χ3n) is 3.10. The summed E-state index contributed by atoms with van der Waals surface area (Å²) in [4.78, 5) is 0. The van der Waals surface area contributed by atoms with Crippen LogP contribution in [0.1, 0.15) is 12.5 Å². The molecule has 0 heterocycles. The molecule has 0 atom stereocenters. The zero-order valence-electron chi connectivity index (χ0n) is 11.5. The topological polar surface area (TPSA) is 21.3 Å². The Morgan fingerprint density at radius 1 is 1.05 bits per heavy atom. The van der Waals surface area contributed by atoms with Crippen molar-refractivity contribution in [2.75, 3.05) is 13.7 Å². The van der Waals surface area contributed by atoms with Gasteiger partial charge in [0.15, 0.2) is 0 Å². The molecule has 0 amide bonds. The van der Waals surface area contributed by atoms with Crippen LogP contribution in [0, 0.1) is 11.6 Å². The second kappa shape index (κ2) is 6.48. The number of hydrogen-bond acceptors (Lipinski definition) is 2. The Bertz CT molecular complexity index is 599. The Balaban J connectivity index is 2.51. The van der Waals surface area contributed by atoms with Crippen molar-refractivity contribution >= 4 is 0 Å². The van der Waals surface area contributed by atoms with Crippen LogP contribution in [0.5, 0.6) is 5.75 Å². The molecule has 2 nitrogen and oxygen atoms in total. The maximum absolute atomic E-state index is 13.9. The number of benzene rings is 2. The molecule has 20 heavy (non-hydrogen) atoms. The Labute approximate surface area is 117 Å². The van der Waals surface area contributed by atoms with Crippen molar-refractivity contribution in [2.45, 2.75) is 13.5 Å². The smallest absolute Gasteiger partial charge is 0.131 e. The van der Waals surface area contributed by atoms with Crippen molar-refractivity contribution in [3.63, 3.8) is 0 Å². The van der Waals surface area contributed by atoms with Gasteiger partial charge in [-0.05, 0) is 48.0 Å². The molecule has 1 N–H and O–H groups in total. The minimum absolute atomic E-state index is 0.264. The highest BCUT2D eigenvalue weighted by atomic mass is 19.1. The Hall–Kier alpha value is -1.94. The van der Waals surface area contributed by atoms with Crippen molar-refractivity contribution in [1.29, 1.82) is 0 Å². The van der Waals surface area contributed by atoms with E-state index < -0.39 is 11.6 Å². The average molecular weight is 277 g/mol. The number of rotatable bonds is 5. The van der Waals surface area contributed by atoms with E-state index in [0.717, 1.165) is 24.2 Å². The predicted molar refractivity (Wildman–Crippen MR) is 75.7 cm³/mol. The van der Waals surface area contributed by atoms with Gasteiger partial charge in [0.1, 0.15) is 17.4 Å². The molecule has 0 fully saturated rings. The number of methoxy groups -OCH3 is 1. The fraction of sp³-hybridized carbons (Fsp3) is 0.250. The van der Waals surface area contributed by atoms with E-state index in [1.54, 1.807) is 19.2 Å². The standard InChI is InChI=1S/C16H17F2NO/c1-3-19-10-11-8-13(20-2)5-6-14(11)15-9-12(17)4-7-16(15)18/h4-9,19H,3,10H2,1-2H3. The van der Waals surface area contributed by atoms with Crippen LogP contribution in [0.25, 0.3) is 11.1 Å². The van der Waals surface area contributed by atoms with E-state index in [9.17, 15) is 8.78 Å². The molecule has 0 saturated carbocycles. The summed E-state index contributed by atoms with van der Waals surface area (Å²) in [5.41, 5.74) is 1.81. The highest BCUT2D eigenvalue weighted by Crippen LogP contribution is 2.30. The lowest BCUT2D eigenvalue weighted by molar-refractivity contribution is 0.414. The SMILES string of the molecule is CCNCc1cc(OC)ccc1-c1cc(F)ccc1F. The van der Waals surface area contributed by atoms with Crippen molar-refractivity contribution in [2.24, 2.45) is 0 Å². The molecule has 2 rings (SSSR count). The first-order valence-corrected chi connectivity index (χ1v) is 6.48. The molecule has 0 unspecified atom stereocenters. The summed E-state index contributed by atoms with van der Waals surface area (Å²) in [6.07, 6.45) is 0. The molecule has 0 aliphatic heterocycles. The summed E-state index contributed by atoms with van der Waals surface area (Å²) >= 11 is 0. The molecule has 106 valence electrons. The third kappa shape index (κ3) is 3.14. The summed E-state index contributed by atoms with van der Waals surface area (Å²) in [6.45, 7) is 3.35. The van der Waals surface area contributed by atoms with Gasteiger partial charge in [-0.25, -0.2) is 8.78 Å². The lowest BCUT2D eigenvalue weighted by atomic mass is 9.98. The zero-order valence-corrected chi connectivity index (χ0v) is 11.5. The Morgan fingerprint density at radius 3 is 2.55 bits per heavy atom. The van der Waals surface area contributed by atoms with Gasteiger partial charge < -0.3 is 10.1 Å². The highest BCUT2D eigenvalue weighted by Gasteiger charge is 2.12. The summed E-state index contributed by atoms with van der Waals surface area (Å²) < 4.78 is 32.5. The first-order chi connectivity index (χ1) is 9.65. The van der Waals surface area contributed by atoms with Crippen molar-refractivity contribution in [1.82, 2.24) is 5.32 Å². The zero-order chi connectivity index (χ0) is 14.5. The molecule has 0 radical (unpaired) electrons. The Kier molecular flexibility index (Phi) is 4.69. The van der Waals surface area contributed by atoms with Crippen molar-refractivity contribution in [3.05, 3.63) is 53.6 Å². The van der Waals surface area contributed by atoms with E-state index in [1.165, 1.54) is 6.07 Å². The van der Waals surface area contributed by atoms with Crippen LogP contribution in [0.15, 0.2) is 36.4 Å². The highest BCUT2D eigenvalue weighted by molar-refractivity contribution is 5.69. The van der Waals surface area contributed by atoms with Crippen LogP contribution in [-0.4, -0.2) is 13.7 Å². The van der Waals surface area contributed by atoms with Crippen LogP contribution >= 0.6 is 0 Å². The van der Waals surface area contributed by atoms with Crippen molar-refractivity contribution < 1.29 is 13.5 Å². The fourth-order valence-corrected chi connectivity index (χ4v) is 2.07. The lowest BCUT2D eigenvalue weighted by Crippen LogP contribution is -2.12. The molecule has 4 heteroatoms. The molecule has 2 aromatic carbocycles. The van der Waals surface area contributed by atoms with Gasteiger partial charge in [0.2, 0.25) is 0 Å². The van der Waals surface area contributed by atoms with E-state index in [-0.39, 0.29) is 5.56 Å². The maximum Gasteiger partial charge on any atom is 0.131 e. The van der Waals surface area contributed by atoms with Crippen molar-refractivity contribution in [3.8, 4) is 16.9 Å². The third-order valence-corrected chi connectivity index (χ3v) is 3.10. The molecule has 0 aliphatic carbocycles. The number of ether oxygens (including phenoxy) is 1. The van der Waals surface area contributed by atoms with Gasteiger partial charge in [0.25, 0.3) is 0 Å². The quantitative estimate of drug-likeness (QED) is 0.898. The maximum atomic E-state index is 13.9. The van der Waals surface area contributed by atoms with Crippen LogP contribution in [-0.2, 0) is 6.54 Å². The molecule has 0 aliphatic rings. The van der Waals surface area contributed by atoms with E-state index in [4.69, 9.17) is 4.74 Å². The molecule has 2 aromatic rings. The van der Waals surface area contributed by atoms with Crippen LogP contribution in [0.4, 0.5) is 8.78 Å². The first-order valence-electron chi connectivity index (χ1n) is 6.48.